The average Bonchev–Trinajstić information content (AvgIpc) is 3.03. The largest absolute Gasteiger partial charge is 0.469 e. The highest BCUT2D eigenvalue weighted by atomic mass is 16.6. The summed E-state index contributed by atoms with van der Waals surface area (Å²) in [5.41, 5.74) is 0.474. The number of ether oxygens (including phenoxy) is 1. The van der Waals surface area contributed by atoms with Gasteiger partial charge in [0.2, 0.25) is 5.91 Å². The Morgan fingerprint density at radius 2 is 2.09 bits per heavy atom. The van der Waals surface area contributed by atoms with Crippen LogP contribution in [0.4, 0.5) is 4.79 Å². The SMILES string of the molecule is Cc1occc1CNC(=O)[C@@H]1CC[C@H](NC(=O)OC(C)(C)C)C1. The minimum atomic E-state index is -0.512. The van der Waals surface area contributed by atoms with Crippen LogP contribution in [-0.4, -0.2) is 23.6 Å². The fourth-order valence-electron chi connectivity index (χ4n) is 2.75. The van der Waals surface area contributed by atoms with Crippen LogP contribution in [0.15, 0.2) is 16.7 Å². The number of carbonyl (C=O) groups is 2. The minimum absolute atomic E-state index is 0.00346. The van der Waals surface area contributed by atoms with Gasteiger partial charge in [0, 0.05) is 24.1 Å². The lowest BCUT2D eigenvalue weighted by molar-refractivity contribution is -0.125. The maximum atomic E-state index is 12.2. The third kappa shape index (κ3) is 5.30. The molecule has 0 aliphatic heterocycles. The molecule has 6 heteroatoms. The van der Waals surface area contributed by atoms with E-state index in [2.05, 4.69) is 10.6 Å². The van der Waals surface area contributed by atoms with E-state index in [1.807, 2.05) is 33.8 Å². The van der Waals surface area contributed by atoms with Crippen LogP contribution < -0.4 is 10.6 Å². The molecule has 1 saturated carbocycles. The van der Waals surface area contributed by atoms with Crippen LogP contribution in [-0.2, 0) is 16.1 Å². The predicted molar refractivity (Wildman–Crippen MR) is 85.8 cm³/mol. The van der Waals surface area contributed by atoms with Crippen molar-refractivity contribution < 1.29 is 18.7 Å². The number of aryl methyl sites for hydroxylation is 1. The summed E-state index contributed by atoms with van der Waals surface area (Å²) in [6, 6.07) is 1.85. The number of amides is 2. The van der Waals surface area contributed by atoms with Crippen LogP contribution in [0.1, 0.15) is 51.4 Å². The first-order chi connectivity index (χ1) is 10.7. The van der Waals surface area contributed by atoms with Gasteiger partial charge >= 0.3 is 6.09 Å². The maximum Gasteiger partial charge on any atom is 0.407 e. The number of nitrogens with one attached hydrogen (secondary N) is 2. The lowest BCUT2D eigenvalue weighted by atomic mass is 10.1. The molecule has 0 bridgehead atoms. The highest BCUT2D eigenvalue weighted by molar-refractivity contribution is 5.79. The average molecular weight is 322 g/mol. The molecule has 2 atom stereocenters. The molecule has 1 aliphatic rings. The molecule has 1 aromatic heterocycles. The normalized spacial score (nSPS) is 21.0. The van der Waals surface area contributed by atoms with Gasteiger partial charge in [-0.05, 0) is 53.0 Å². The van der Waals surface area contributed by atoms with E-state index < -0.39 is 11.7 Å². The van der Waals surface area contributed by atoms with E-state index in [1.165, 1.54) is 0 Å². The van der Waals surface area contributed by atoms with Crippen LogP contribution in [0.25, 0.3) is 0 Å². The quantitative estimate of drug-likeness (QED) is 0.893. The van der Waals surface area contributed by atoms with Gasteiger partial charge in [0.25, 0.3) is 0 Å². The topological polar surface area (TPSA) is 80.6 Å². The molecular weight excluding hydrogens is 296 g/mol. The number of rotatable bonds is 4. The minimum Gasteiger partial charge on any atom is -0.469 e. The summed E-state index contributed by atoms with van der Waals surface area (Å²) in [7, 11) is 0. The van der Waals surface area contributed by atoms with Gasteiger partial charge in [-0.15, -0.1) is 0 Å². The molecule has 0 saturated heterocycles. The van der Waals surface area contributed by atoms with Gasteiger partial charge < -0.3 is 19.8 Å². The zero-order valence-electron chi connectivity index (χ0n) is 14.3. The lowest BCUT2D eigenvalue weighted by Gasteiger charge is -2.21. The van der Waals surface area contributed by atoms with Crippen LogP contribution in [0.3, 0.4) is 0 Å². The molecule has 23 heavy (non-hydrogen) atoms. The molecule has 0 unspecified atom stereocenters. The highest BCUT2D eigenvalue weighted by Gasteiger charge is 2.31. The summed E-state index contributed by atoms with van der Waals surface area (Å²) in [5.74, 6) is 0.780. The molecule has 1 heterocycles. The Hall–Kier alpha value is -1.98. The van der Waals surface area contributed by atoms with E-state index >= 15 is 0 Å². The molecule has 0 aromatic carbocycles. The van der Waals surface area contributed by atoms with Crippen LogP contribution in [0.5, 0.6) is 0 Å². The molecule has 0 spiro atoms. The number of hydrogen-bond acceptors (Lipinski definition) is 4. The van der Waals surface area contributed by atoms with Gasteiger partial charge in [0.05, 0.1) is 6.26 Å². The van der Waals surface area contributed by atoms with Gasteiger partial charge in [-0.25, -0.2) is 4.79 Å². The van der Waals surface area contributed by atoms with E-state index in [9.17, 15) is 9.59 Å². The Bertz CT molecular complexity index is 559. The number of carbonyl (C=O) groups excluding carboxylic acids is 2. The van der Waals surface area contributed by atoms with Gasteiger partial charge in [-0.3, -0.25) is 4.79 Å². The Morgan fingerprint density at radius 1 is 1.35 bits per heavy atom. The second kappa shape index (κ2) is 7.06. The van der Waals surface area contributed by atoms with Crippen molar-refractivity contribution in [3.8, 4) is 0 Å². The van der Waals surface area contributed by atoms with Gasteiger partial charge in [-0.1, -0.05) is 0 Å². The zero-order chi connectivity index (χ0) is 17.0. The molecule has 1 aliphatic carbocycles. The predicted octanol–water partition coefficient (Wildman–Crippen LogP) is 2.90. The van der Waals surface area contributed by atoms with Crippen LogP contribution in [0, 0.1) is 12.8 Å². The van der Waals surface area contributed by atoms with Crippen molar-refractivity contribution in [2.75, 3.05) is 0 Å². The molecule has 2 N–H and O–H groups in total. The molecule has 1 fully saturated rings. The van der Waals surface area contributed by atoms with E-state index in [4.69, 9.17) is 9.15 Å². The van der Waals surface area contributed by atoms with E-state index in [1.54, 1.807) is 6.26 Å². The summed E-state index contributed by atoms with van der Waals surface area (Å²) in [4.78, 5) is 24.0. The summed E-state index contributed by atoms with van der Waals surface area (Å²) < 4.78 is 10.5. The molecule has 128 valence electrons. The van der Waals surface area contributed by atoms with Gasteiger partial charge in [0.15, 0.2) is 0 Å². The highest BCUT2D eigenvalue weighted by Crippen LogP contribution is 2.26. The molecule has 2 amide bonds. The smallest absolute Gasteiger partial charge is 0.407 e. The molecule has 6 nitrogen and oxygen atoms in total. The summed E-state index contributed by atoms with van der Waals surface area (Å²) in [6.45, 7) is 7.83. The Balaban J connectivity index is 1.75. The number of alkyl carbamates (subject to hydrolysis) is 1. The fraction of sp³-hybridized carbons (Fsp3) is 0.647. The van der Waals surface area contributed by atoms with Gasteiger partial charge in [0.1, 0.15) is 11.4 Å². The summed E-state index contributed by atoms with van der Waals surface area (Å²) in [6.07, 6.45) is 3.42. The van der Waals surface area contributed by atoms with Crippen LogP contribution >= 0.6 is 0 Å². The third-order valence-electron chi connectivity index (χ3n) is 3.94. The third-order valence-corrected chi connectivity index (χ3v) is 3.94. The first-order valence-electron chi connectivity index (χ1n) is 8.05. The van der Waals surface area contributed by atoms with Crippen molar-refractivity contribution in [3.05, 3.63) is 23.7 Å². The zero-order valence-corrected chi connectivity index (χ0v) is 14.3. The van der Waals surface area contributed by atoms with Crippen LogP contribution in [0.2, 0.25) is 0 Å². The summed E-state index contributed by atoms with van der Waals surface area (Å²) in [5, 5.41) is 5.78. The molecular formula is C17H26N2O4. The standard InChI is InChI=1S/C17H26N2O4/c1-11-13(7-8-22-11)10-18-15(20)12-5-6-14(9-12)19-16(21)23-17(2,3)4/h7-8,12,14H,5-6,9-10H2,1-4H3,(H,18,20)(H,19,21)/t12-,14+/m1/s1. The first-order valence-corrected chi connectivity index (χ1v) is 8.05. The lowest BCUT2D eigenvalue weighted by Crippen LogP contribution is -2.38. The summed E-state index contributed by atoms with van der Waals surface area (Å²) >= 11 is 0. The fourth-order valence-corrected chi connectivity index (χ4v) is 2.75. The monoisotopic (exact) mass is 322 g/mol. The molecule has 2 rings (SSSR count). The van der Waals surface area contributed by atoms with Crippen molar-refractivity contribution in [2.24, 2.45) is 5.92 Å². The Labute approximate surface area is 137 Å². The van der Waals surface area contributed by atoms with E-state index in [0.717, 1.165) is 24.2 Å². The molecule has 1 aromatic rings. The Morgan fingerprint density at radius 3 is 2.70 bits per heavy atom. The van der Waals surface area contributed by atoms with Crippen molar-refractivity contribution in [3.63, 3.8) is 0 Å². The molecule has 0 radical (unpaired) electrons. The number of furan rings is 1. The number of hydrogen-bond donors (Lipinski definition) is 2. The Kier molecular flexibility index (Phi) is 5.34. The van der Waals surface area contributed by atoms with Crippen molar-refractivity contribution in [2.45, 2.75) is 65.1 Å². The first kappa shape index (κ1) is 17.4. The van der Waals surface area contributed by atoms with Crippen molar-refractivity contribution >= 4 is 12.0 Å². The van der Waals surface area contributed by atoms with E-state index in [-0.39, 0.29) is 17.9 Å². The van der Waals surface area contributed by atoms with Crippen molar-refractivity contribution in [1.29, 1.82) is 0 Å². The second-order valence-corrected chi connectivity index (χ2v) is 7.07. The van der Waals surface area contributed by atoms with Crippen molar-refractivity contribution in [1.82, 2.24) is 10.6 Å². The second-order valence-electron chi connectivity index (χ2n) is 7.07. The van der Waals surface area contributed by atoms with Gasteiger partial charge in [-0.2, -0.15) is 0 Å². The maximum absolute atomic E-state index is 12.2. The van der Waals surface area contributed by atoms with E-state index in [0.29, 0.717) is 13.0 Å².